The molecule has 194 valence electrons. The first-order chi connectivity index (χ1) is 17.7. The summed E-state index contributed by atoms with van der Waals surface area (Å²) in [4.78, 5) is 15.6. The zero-order valence-corrected chi connectivity index (χ0v) is 23.0. The quantitative estimate of drug-likeness (QED) is 0.375. The maximum absolute atomic E-state index is 13.3. The van der Waals surface area contributed by atoms with Crippen LogP contribution < -0.4 is 9.62 Å². The van der Waals surface area contributed by atoms with Crippen LogP contribution in [0.2, 0.25) is 15.1 Å². The number of sulfonamides is 1. The van der Waals surface area contributed by atoms with Gasteiger partial charge in [0.25, 0.3) is 10.0 Å². The third-order valence-electron chi connectivity index (χ3n) is 6.93. The predicted molar refractivity (Wildman–Crippen MR) is 149 cm³/mol. The van der Waals surface area contributed by atoms with Gasteiger partial charge in [0, 0.05) is 46.0 Å². The monoisotopic (exact) mass is 577 g/mol. The van der Waals surface area contributed by atoms with E-state index in [1.165, 1.54) is 16.4 Å². The molecule has 10 heteroatoms. The van der Waals surface area contributed by atoms with Crippen molar-refractivity contribution in [2.24, 2.45) is 5.92 Å². The Morgan fingerprint density at radius 1 is 0.973 bits per heavy atom. The minimum absolute atomic E-state index is 0.0833. The molecule has 0 aromatic heterocycles. The van der Waals surface area contributed by atoms with Gasteiger partial charge in [0.15, 0.2) is 0 Å². The number of halogens is 3. The van der Waals surface area contributed by atoms with E-state index in [0.29, 0.717) is 52.5 Å². The number of anilines is 2. The van der Waals surface area contributed by atoms with E-state index in [1.807, 2.05) is 30.3 Å². The van der Waals surface area contributed by atoms with Crippen LogP contribution in [0, 0.1) is 5.92 Å². The van der Waals surface area contributed by atoms with Gasteiger partial charge in [-0.05, 0) is 79.9 Å². The van der Waals surface area contributed by atoms with Crippen molar-refractivity contribution in [2.45, 2.75) is 30.7 Å². The highest BCUT2D eigenvalue weighted by atomic mass is 35.5. The number of nitrogens with one attached hydrogen (secondary N) is 1. The molecule has 6 nitrogen and oxygen atoms in total. The largest absolute Gasteiger partial charge is 0.326 e. The first-order valence-electron chi connectivity index (χ1n) is 12.1. The molecule has 5 rings (SSSR count). The maximum atomic E-state index is 13.3. The van der Waals surface area contributed by atoms with E-state index in [-0.39, 0.29) is 16.7 Å². The number of nitrogens with zero attached hydrogens (tertiary/aromatic N) is 2. The standard InChI is InChI=1S/C27H26Cl3N3O3S/c28-20-7-10-22(11-8-20)37(35,36)33-14-12-18-6-9-21(15-26(18)33)31-27(34)19-3-2-13-32(16-19)17-23-24(29)4-1-5-25(23)30/h1,4-11,15,19H,2-3,12-14,16-17H2,(H,31,34). The number of likely N-dealkylation sites (tertiary alicyclic amines) is 1. The van der Waals surface area contributed by atoms with Crippen molar-refractivity contribution in [3.05, 3.63) is 86.9 Å². The molecule has 0 saturated carbocycles. The Kier molecular flexibility index (Phi) is 7.70. The van der Waals surface area contributed by atoms with Crippen LogP contribution in [0.1, 0.15) is 24.0 Å². The average Bonchev–Trinajstić information content (AvgIpc) is 3.31. The van der Waals surface area contributed by atoms with Gasteiger partial charge in [-0.1, -0.05) is 46.9 Å². The number of hydrogen-bond acceptors (Lipinski definition) is 4. The molecule has 3 aromatic carbocycles. The molecular weight excluding hydrogens is 553 g/mol. The number of piperidine rings is 1. The fraction of sp³-hybridized carbons (Fsp3) is 0.296. The Labute approximate surface area is 232 Å². The summed E-state index contributed by atoms with van der Waals surface area (Å²) in [7, 11) is -3.74. The lowest BCUT2D eigenvalue weighted by Gasteiger charge is -2.32. The van der Waals surface area contributed by atoms with E-state index in [1.54, 1.807) is 18.2 Å². The van der Waals surface area contributed by atoms with E-state index in [4.69, 9.17) is 34.8 Å². The molecule has 1 N–H and O–H groups in total. The normalized spacial score (nSPS) is 18.0. The lowest BCUT2D eigenvalue weighted by atomic mass is 9.96. The molecule has 2 aliphatic rings. The minimum atomic E-state index is -3.74. The maximum Gasteiger partial charge on any atom is 0.264 e. The van der Waals surface area contributed by atoms with Crippen molar-refractivity contribution < 1.29 is 13.2 Å². The third-order valence-corrected chi connectivity index (χ3v) is 9.71. The van der Waals surface area contributed by atoms with Gasteiger partial charge in [-0.2, -0.15) is 0 Å². The van der Waals surface area contributed by atoms with Crippen molar-refractivity contribution in [2.75, 3.05) is 29.3 Å². The smallest absolute Gasteiger partial charge is 0.264 e. The van der Waals surface area contributed by atoms with Crippen LogP contribution in [-0.2, 0) is 27.8 Å². The van der Waals surface area contributed by atoms with Gasteiger partial charge < -0.3 is 5.32 Å². The fourth-order valence-electron chi connectivity index (χ4n) is 4.98. The van der Waals surface area contributed by atoms with Crippen LogP contribution in [0.5, 0.6) is 0 Å². The highest BCUT2D eigenvalue weighted by Gasteiger charge is 2.32. The SMILES string of the molecule is O=C(Nc1ccc2c(c1)N(S(=O)(=O)c1ccc(Cl)cc1)CC2)C1CCCN(Cc2c(Cl)cccc2Cl)C1. The molecule has 1 saturated heterocycles. The average molecular weight is 579 g/mol. The zero-order chi connectivity index (χ0) is 26.2. The number of hydrogen-bond donors (Lipinski definition) is 1. The Bertz CT molecular complexity index is 1410. The summed E-state index contributed by atoms with van der Waals surface area (Å²) in [5.74, 6) is -0.280. The van der Waals surface area contributed by atoms with E-state index >= 15 is 0 Å². The van der Waals surface area contributed by atoms with E-state index < -0.39 is 10.0 Å². The molecule has 0 spiro atoms. The Hall–Kier alpha value is -2.29. The number of amides is 1. The second kappa shape index (κ2) is 10.8. The number of fused-ring (bicyclic) bond motifs is 1. The van der Waals surface area contributed by atoms with E-state index in [0.717, 1.165) is 30.5 Å². The summed E-state index contributed by atoms with van der Waals surface area (Å²) >= 11 is 18.6. The van der Waals surface area contributed by atoms with E-state index in [9.17, 15) is 13.2 Å². The molecule has 1 amide bonds. The second-order valence-corrected chi connectivity index (χ2v) is 12.5. The van der Waals surface area contributed by atoms with Gasteiger partial charge in [-0.15, -0.1) is 0 Å². The van der Waals surface area contributed by atoms with Gasteiger partial charge in [0.2, 0.25) is 5.91 Å². The lowest BCUT2D eigenvalue weighted by molar-refractivity contribution is -0.121. The van der Waals surface area contributed by atoms with Crippen molar-refractivity contribution in [1.82, 2.24) is 4.90 Å². The molecule has 2 aliphatic heterocycles. The van der Waals surface area contributed by atoms with Gasteiger partial charge in [0.1, 0.15) is 0 Å². The van der Waals surface area contributed by atoms with Crippen LogP contribution in [0.3, 0.4) is 0 Å². The number of carbonyl (C=O) groups excluding carboxylic acids is 1. The number of rotatable bonds is 6. The van der Waals surface area contributed by atoms with Gasteiger partial charge >= 0.3 is 0 Å². The fourth-order valence-corrected chi connectivity index (χ4v) is 7.11. The van der Waals surface area contributed by atoms with Crippen molar-refractivity contribution in [3.63, 3.8) is 0 Å². The Morgan fingerprint density at radius 3 is 2.43 bits per heavy atom. The molecule has 0 aliphatic carbocycles. The molecule has 2 heterocycles. The predicted octanol–water partition coefficient (Wildman–Crippen LogP) is 6.25. The summed E-state index contributed by atoms with van der Waals surface area (Å²) < 4.78 is 28.0. The van der Waals surface area contributed by atoms with Crippen LogP contribution in [0.15, 0.2) is 65.6 Å². The molecule has 1 atom stereocenters. The highest BCUT2D eigenvalue weighted by Crippen LogP contribution is 2.36. The van der Waals surface area contributed by atoms with Crippen LogP contribution in [0.25, 0.3) is 0 Å². The van der Waals surface area contributed by atoms with Crippen molar-refractivity contribution in [3.8, 4) is 0 Å². The van der Waals surface area contributed by atoms with Crippen LogP contribution >= 0.6 is 34.8 Å². The van der Waals surface area contributed by atoms with Gasteiger partial charge in [-0.3, -0.25) is 14.0 Å². The molecule has 3 aromatic rings. The first kappa shape index (κ1) is 26.3. The molecule has 37 heavy (non-hydrogen) atoms. The minimum Gasteiger partial charge on any atom is -0.326 e. The Morgan fingerprint density at radius 2 is 1.70 bits per heavy atom. The summed E-state index contributed by atoms with van der Waals surface area (Å²) in [6.07, 6.45) is 2.27. The summed E-state index contributed by atoms with van der Waals surface area (Å²) in [5, 5.41) is 4.73. The lowest BCUT2D eigenvalue weighted by Crippen LogP contribution is -2.40. The summed E-state index contributed by atoms with van der Waals surface area (Å²) in [5.41, 5.74) is 2.96. The third kappa shape index (κ3) is 5.61. The number of carbonyl (C=O) groups is 1. The first-order valence-corrected chi connectivity index (χ1v) is 14.7. The highest BCUT2D eigenvalue weighted by molar-refractivity contribution is 7.92. The summed E-state index contributed by atoms with van der Waals surface area (Å²) in [6.45, 7) is 2.38. The van der Waals surface area contributed by atoms with E-state index in [2.05, 4.69) is 10.2 Å². The molecular formula is C27H26Cl3N3O3S. The van der Waals surface area contributed by atoms with Crippen molar-refractivity contribution >= 4 is 62.1 Å². The van der Waals surface area contributed by atoms with Crippen LogP contribution in [-0.4, -0.2) is 38.9 Å². The van der Waals surface area contributed by atoms with Crippen molar-refractivity contribution in [1.29, 1.82) is 0 Å². The number of benzene rings is 3. The zero-order valence-electron chi connectivity index (χ0n) is 20.0. The van der Waals surface area contributed by atoms with Crippen LogP contribution in [0.4, 0.5) is 11.4 Å². The topological polar surface area (TPSA) is 69.7 Å². The molecule has 0 radical (unpaired) electrons. The van der Waals surface area contributed by atoms with Gasteiger partial charge in [0.05, 0.1) is 16.5 Å². The second-order valence-electron chi connectivity index (χ2n) is 9.39. The molecule has 1 unspecified atom stereocenters. The van der Waals surface area contributed by atoms with Gasteiger partial charge in [-0.25, -0.2) is 8.42 Å². The summed E-state index contributed by atoms with van der Waals surface area (Å²) in [6, 6.07) is 17.1. The Balaban J connectivity index is 1.29. The molecule has 0 bridgehead atoms. The molecule has 1 fully saturated rings.